The van der Waals surface area contributed by atoms with Gasteiger partial charge in [0.25, 0.3) is 0 Å². The Bertz CT molecular complexity index is 318. The number of hydrogen-bond acceptors (Lipinski definition) is 2. The third kappa shape index (κ3) is 1.70. The predicted octanol–water partition coefficient (Wildman–Crippen LogP) is 2.35. The van der Waals surface area contributed by atoms with Crippen LogP contribution in [-0.2, 0) is 9.53 Å². The Morgan fingerprint density at radius 2 is 2.00 bits per heavy atom. The van der Waals surface area contributed by atoms with Gasteiger partial charge >= 0.3 is 0 Å². The topological polar surface area (TPSA) is 26.3 Å². The zero-order valence-corrected chi connectivity index (χ0v) is 8.27. The van der Waals surface area contributed by atoms with E-state index in [1.807, 2.05) is 37.3 Å². The molecule has 14 heavy (non-hydrogen) atoms. The van der Waals surface area contributed by atoms with Crippen LogP contribution in [0.2, 0.25) is 0 Å². The van der Waals surface area contributed by atoms with Crippen molar-refractivity contribution < 1.29 is 9.53 Å². The van der Waals surface area contributed by atoms with Gasteiger partial charge in [-0.3, -0.25) is 4.79 Å². The van der Waals surface area contributed by atoms with Crippen LogP contribution in [0.5, 0.6) is 0 Å². The first-order valence-corrected chi connectivity index (χ1v) is 4.98. The zero-order valence-electron chi connectivity index (χ0n) is 8.27. The lowest BCUT2D eigenvalue weighted by Gasteiger charge is -2.28. The summed E-state index contributed by atoms with van der Waals surface area (Å²) >= 11 is 0. The molecule has 0 unspecified atom stereocenters. The second kappa shape index (κ2) is 3.93. The summed E-state index contributed by atoms with van der Waals surface area (Å²) in [6.45, 7) is 2.50. The van der Waals surface area contributed by atoms with Crippen LogP contribution >= 0.6 is 0 Å². The van der Waals surface area contributed by atoms with Crippen molar-refractivity contribution >= 4 is 5.78 Å². The van der Waals surface area contributed by atoms with E-state index in [9.17, 15) is 4.79 Å². The Morgan fingerprint density at radius 3 is 2.71 bits per heavy atom. The van der Waals surface area contributed by atoms with E-state index in [0.29, 0.717) is 18.8 Å². The second-order valence-corrected chi connectivity index (χ2v) is 3.71. The first-order valence-electron chi connectivity index (χ1n) is 4.98. The van der Waals surface area contributed by atoms with Crippen LogP contribution in [0.25, 0.3) is 0 Å². The highest BCUT2D eigenvalue weighted by atomic mass is 16.5. The Morgan fingerprint density at radius 1 is 1.29 bits per heavy atom. The SMILES string of the molecule is C[C@H]1C(=O)CCO[C@H]1c1ccccc1. The van der Waals surface area contributed by atoms with Crippen LogP contribution < -0.4 is 0 Å². The highest BCUT2D eigenvalue weighted by Gasteiger charge is 2.29. The van der Waals surface area contributed by atoms with Crippen LogP contribution in [0.1, 0.15) is 25.0 Å². The van der Waals surface area contributed by atoms with Gasteiger partial charge in [-0.2, -0.15) is 0 Å². The van der Waals surface area contributed by atoms with Gasteiger partial charge < -0.3 is 4.74 Å². The number of ether oxygens (including phenoxy) is 1. The minimum Gasteiger partial charge on any atom is -0.372 e. The number of rotatable bonds is 1. The van der Waals surface area contributed by atoms with Crippen LogP contribution in [0.4, 0.5) is 0 Å². The van der Waals surface area contributed by atoms with E-state index in [0.717, 1.165) is 5.56 Å². The highest BCUT2D eigenvalue weighted by molar-refractivity contribution is 5.82. The summed E-state index contributed by atoms with van der Waals surface area (Å²) in [5, 5.41) is 0. The highest BCUT2D eigenvalue weighted by Crippen LogP contribution is 2.30. The molecule has 0 N–H and O–H groups in total. The van der Waals surface area contributed by atoms with Crippen molar-refractivity contribution in [3.05, 3.63) is 35.9 Å². The van der Waals surface area contributed by atoms with Crippen LogP contribution in [-0.4, -0.2) is 12.4 Å². The third-order valence-electron chi connectivity index (χ3n) is 2.74. The third-order valence-corrected chi connectivity index (χ3v) is 2.74. The predicted molar refractivity (Wildman–Crippen MR) is 53.9 cm³/mol. The molecule has 0 bridgehead atoms. The monoisotopic (exact) mass is 190 g/mol. The molecule has 1 aromatic rings. The lowest BCUT2D eigenvalue weighted by molar-refractivity contribution is -0.136. The molecule has 0 aromatic heterocycles. The standard InChI is InChI=1S/C12H14O2/c1-9-11(13)7-8-14-12(9)10-5-3-2-4-6-10/h2-6,9,12H,7-8H2,1H3/t9-,12+/m0/s1. The molecule has 0 aliphatic carbocycles. The fourth-order valence-electron chi connectivity index (χ4n) is 1.85. The fourth-order valence-corrected chi connectivity index (χ4v) is 1.85. The molecule has 2 rings (SSSR count). The van der Waals surface area contributed by atoms with Gasteiger partial charge in [-0.15, -0.1) is 0 Å². The van der Waals surface area contributed by atoms with E-state index < -0.39 is 0 Å². The first-order chi connectivity index (χ1) is 6.79. The maximum Gasteiger partial charge on any atom is 0.140 e. The molecule has 1 aromatic carbocycles. The number of ketones is 1. The van der Waals surface area contributed by atoms with Crippen molar-refractivity contribution in [2.75, 3.05) is 6.61 Å². The maximum atomic E-state index is 11.5. The second-order valence-electron chi connectivity index (χ2n) is 3.71. The molecule has 2 atom stereocenters. The van der Waals surface area contributed by atoms with Gasteiger partial charge in [0.05, 0.1) is 12.7 Å². The van der Waals surface area contributed by atoms with Gasteiger partial charge in [0, 0.05) is 12.3 Å². The molecule has 1 saturated heterocycles. The van der Waals surface area contributed by atoms with E-state index in [1.165, 1.54) is 0 Å². The summed E-state index contributed by atoms with van der Waals surface area (Å²) in [7, 11) is 0. The summed E-state index contributed by atoms with van der Waals surface area (Å²) in [5.74, 6) is 0.302. The average Bonchev–Trinajstić information content (AvgIpc) is 2.23. The van der Waals surface area contributed by atoms with E-state index in [1.54, 1.807) is 0 Å². The minimum absolute atomic E-state index is 0.00819. The molecular weight excluding hydrogens is 176 g/mol. The fraction of sp³-hybridized carbons (Fsp3) is 0.417. The summed E-state index contributed by atoms with van der Waals surface area (Å²) in [5.41, 5.74) is 1.10. The number of benzene rings is 1. The Labute approximate surface area is 83.9 Å². The molecule has 1 fully saturated rings. The molecule has 0 spiro atoms. The lowest BCUT2D eigenvalue weighted by Crippen LogP contribution is -2.28. The van der Waals surface area contributed by atoms with E-state index >= 15 is 0 Å². The largest absolute Gasteiger partial charge is 0.372 e. The smallest absolute Gasteiger partial charge is 0.140 e. The quantitative estimate of drug-likeness (QED) is 0.679. The van der Waals surface area contributed by atoms with Gasteiger partial charge in [-0.1, -0.05) is 37.3 Å². The maximum absolute atomic E-state index is 11.5. The van der Waals surface area contributed by atoms with Crippen LogP contribution in [0, 0.1) is 5.92 Å². The summed E-state index contributed by atoms with van der Waals surface area (Å²) in [4.78, 5) is 11.5. The molecule has 1 aliphatic rings. The number of carbonyl (C=O) groups is 1. The van der Waals surface area contributed by atoms with E-state index in [2.05, 4.69) is 0 Å². The van der Waals surface area contributed by atoms with Crippen molar-refractivity contribution in [1.29, 1.82) is 0 Å². The lowest BCUT2D eigenvalue weighted by atomic mass is 9.90. The average molecular weight is 190 g/mol. The van der Waals surface area contributed by atoms with Crippen molar-refractivity contribution in [3.63, 3.8) is 0 Å². The van der Waals surface area contributed by atoms with Crippen molar-refractivity contribution in [2.45, 2.75) is 19.4 Å². The molecule has 0 radical (unpaired) electrons. The Hall–Kier alpha value is -1.15. The summed E-state index contributed by atoms with van der Waals surface area (Å²) in [6.07, 6.45) is 0.516. The molecule has 1 aliphatic heterocycles. The van der Waals surface area contributed by atoms with E-state index in [-0.39, 0.29) is 12.0 Å². The summed E-state index contributed by atoms with van der Waals surface area (Å²) in [6, 6.07) is 9.95. The van der Waals surface area contributed by atoms with Gasteiger partial charge in [0.2, 0.25) is 0 Å². The molecule has 2 heteroatoms. The number of carbonyl (C=O) groups excluding carboxylic acids is 1. The molecule has 0 amide bonds. The van der Waals surface area contributed by atoms with Crippen molar-refractivity contribution in [3.8, 4) is 0 Å². The molecule has 2 nitrogen and oxygen atoms in total. The minimum atomic E-state index is -0.0440. The summed E-state index contributed by atoms with van der Waals surface area (Å²) < 4.78 is 5.63. The van der Waals surface area contributed by atoms with Crippen molar-refractivity contribution in [1.82, 2.24) is 0 Å². The van der Waals surface area contributed by atoms with Crippen LogP contribution in [0.15, 0.2) is 30.3 Å². The molecular formula is C12H14O2. The van der Waals surface area contributed by atoms with Gasteiger partial charge in [-0.25, -0.2) is 0 Å². The van der Waals surface area contributed by atoms with E-state index in [4.69, 9.17) is 4.74 Å². The molecule has 1 heterocycles. The van der Waals surface area contributed by atoms with Crippen LogP contribution in [0.3, 0.4) is 0 Å². The number of Topliss-reactive ketones (excluding diaryl/α,β-unsaturated/α-hetero) is 1. The number of hydrogen-bond donors (Lipinski definition) is 0. The Kier molecular flexibility index (Phi) is 2.64. The van der Waals surface area contributed by atoms with Gasteiger partial charge in [0.1, 0.15) is 5.78 Å². The zero-order chi connectivity index (χ0) is 9.97. The first kappa shape index (κ1) is 9.41. The molecule has 74 valence electrons. The Balaban J connectivity index is 2.22. The normalized spacial score (nSPS) is 27.6. The van der Waals surface area contributed by atoms with Crippen molar-refractivity contribution in [2.24, 2.45) is 5.92 Å². The van der Waals surface area contributed by atoms with Gasteiger partial charge in [0.15, 0.2) is 0 Å². The van der Waals surface area contributed by atoms with Gasteiger partial charge in [-0.05, 0) is 5.56 Å². The molecule has 0 saturated carbocycles.